The molecule has 1 aliphatic carbocycles. The number of carbonyl (C=O) groups is 1. The van der Waals surface area contributed by atoms with Crippen LogP contribution in [0.4, 0.5) is 5.82 Å². The Morgan fingerprint density at radius 2 is 2.00 bits per heavy atom. The van der Waals surface area contributed by atoms with Crippen molar-refractivity contribution < 1.29 is 9.78 Å². The van der Waals surface area contributed by atoms with Crippen LogP contribution in [0.5, 0.6) is 0 Å². The minimum Gasteiger partial charge on any atom is -0.353 e. The first-order valence-corrected chi connectivity index (χ1v) is 8.20. The second-order valence-corrected chi connectivity index (χ2v) is 6.24. The van der Waals surface area contributed by atoms with Crippen LogP contribution < -0.4 is 16.0 Å². The molecule has 7 heteroatoms. The van der Waals surface area contributed by atoms with Crippen molar-refractivity contribution in [3.8, 4) is 12.1 Å². The molecule has 4 N–H and O–H groups in total. The van der Waals surface area contributed by atoms with Crippen molar-refractivity contribution in [1.82, 2.24) is 5.32 Å². The molecule has 0 aliphatic heterocycles. The minimum absolute atomic E-state index is 0.0443. The summed E-state index contributed by atoms with van der Waals surface area (Å²) in [5.41, 5.74) is 6.26. The fourth-order valence-corrected chi connectivity index (χ4v) is 3.29. The summed E-state index contributed by atoms with van der Waals surface area (Å²) in [7, 11) is 0. The van der Waals surface area contributed by atoms with Crippen LogP contribution in [0.2, 0.25) is 0 Å². The lowest BCUT2D eigenvalue weighted by atomic mass is 9.95. The summed E-state index contributed by atoms with van der Waals surface area (Å²) in [5, 5.41) is 21.6. The molecule has 1 saturated carbocycles. The van der Waals surface area contributed by atoms with Crippen molar-refractivity contribution in [1.29, 1.82) is 10.5 Å². The van der Waals surface area contributed by atoms with Crippen LogP contribution >= 0.6 is 11.8 Å². The van der Waals surface area contributed by atoms with Gasteiger partial charge in [0.05, 0.1) is 5.75 Å². The number of thioether (sulfide) groups is 1. The first-order chi connectivity index (χ1) is 10.6. The maximum absolute atomic E-state index is 12.0. The molecule has 0 unspecified atom stereocenters. The molecule has 22 heavy (non-hydrogen) atoms. The monoisotopic (exact) mass is 316 g/mol. The second-order valence-electron chi connectivity index (χ2n) is 5.25. The van der Waals surface area contributed by atoms with Gasteiger partial charge < -0.3 is 5.32 Å². The molecule has 1 amide bonds. The molecule has 0 aromatic carbocycles. The molecule has 1 fully saturated rings. The summed E-state index contributed by atoms with van der Waals surface area (Å²) >= 11 is 1.22. The predicted molar refractivity (Wildman–Crippen MR) is 82.6 cm³/mol. The highest BCUT2D eigenvalue weighted by molar-refractivity contribution is 7.99. The number of pyridine rings is 1. The molecular formula is C15H18N5OS+. The van der Waals surface area contributed by atoms with Gasteiger partial charge in [-0.2, -0.15) is 10.5 Å². The Morgan fingerprint density at radius 3 is 2.64 bits per heavy atom. The predicted octanol–water partition coefficient (Wildman–Crippen LogP) is 1.37. The highest BCUT2D eigenvalue weighted by Gasteiger charge is 2.18. The number of aromatic amines is 1. The first kappa shape index (κ1) is 16.1. The largest absolute Gasteiger partial charge is 0.353 e. The third kappa shape index (κ3) is 4.12. The van der Waals surface area contributed by atoms with Gasteiger partial charge in [0.25, 0.3) is 5.82 Å². The number of nitrogens with one attached hydrogen (secondary N) is 2. The minimum atomic E-state index is -0.0443. The molecule has 1 heterocycles. The molecule has 0 saturated heterocycles. The van der Waals surface area contributed by atoms with E-state index in [0.717, 1.165) is 25.7 Å². The van der Waals surface area contributed by atoms with Gasteiger partial charge in [0.1, 0.15) is 23.3 Å². The number of anilines is 1. The van der Waals surface area contributed by atoms with Gasteiger partial charge in [-0.05, 0) is 18.9 Å². The Labute approximate surface area is 133 Å². The van der Waals surface area contributed by atoms with E-state index >= 15 is 0 Å². The van der Waals surface area contributed by atoms with Crippen LogP contribution in [0, 0.1) is 22.7 Å². The van der Waals surface area contributed by atoms with E-state index in [9.17, 15) is 4.79 Å². The number of rotatable bonds is 4. The SMILES string of the molecule is N#Cc1cc(C#N)c(SCC(=O)NC2CCCCC2)[nH+]c1N. The molecule has 114 valence electrons. The number of nitrogen functional groups attached to an aromatic ring is 1. The van der Waals surface area contributed by atoms with E-state index in [4.69, 9.17) is 16.3 Å². The quantitative estimate of drug-likeness (QED) is 0.813. The van der Waals surface area contributed by atoms with Crippen molar-refractivity contribution in [3.05, 3.63) is 17.2 Å². The van der Waals surface area contributed by atoms with Crippen LogP contribution in [0.25, 0.3) is 0 Å². The Hall–Kier alpha value is -2.25. The summed E-state index contributed by atoms with van der Waals surface area (Å²) < 4.78 is 0. The Bertz CT molecular complexity index is 641. The third-order valence-electron chi connectivity index (χ3n) is 3.63. The molecule has 1 aromatic rings. The zero-order valence-corrected chi connectivity index (χ0v) is 13.0. The maximum Gasteiger partial charge on any atom is 0.289 e. The van der Waals surface area contributed by atoms with E-state index in [1.807, 2.05) is 12.1 Å². The van der Waals surface area contributed by atoms with Crippen molar-refractivity contribution in [2.24, 2.45) is 0 Å². The fourth-order valence-electron chi connectivity index (χ4n) is 2.49. The number of H-pyrrole nitrogens is 1. The Balaban J connectivity index is 1.96. The number of nitriles is 2. The molecule has 2 rings (SSSR count). The van der Waals surface area contributed by atoms with Crippen molar-refractivity contribution >= 4 is 23.5 Å². The third-order valence-corrected chi connectivity index (χ3v) is 4.65. The summed E-state index contributed by atoms with van der Waals surface area (Å²) in [5.74, 6) is 0.376. The number of carbonyl (C=O) groups excluding carboxylic acids is 1. The van der Waals surface area contributed by atoms with E-state index in [2.05, 4.69) is 10.3 Å². The molecule has 1 aromatic heterocycles. The van der Waals surface area contributed by atoms with Crippen molar-refractivity contribution in [2.75, 3.05) is 11.5 Å². The Kier molecular flexibility index (Phi) is 5.62. The molecule has 6 nitrogen and oxygen atoms in total. The standard InChI is InChI=1S/C15H17N5OS/c16-7-10-6-11(8-17)15(20-14(10)18)22-9-13(21)19-12-4-2-1-3-5-12/h6,12H,1-5,9H2,(H2,18,20)(H,19,21)/p+1. The fraction of sp³-hybridized carbons (Fsp3) is 0.467. The van der Waals surface area contributed by atoms with Crippen LogP contribution in [-0.2, 0) is 4.79 Å². The van der Waals surface area contributed by atoms with Crippen LogP contribution in [0.15, 0.2) is 11.1 Å². The average molecular weight is 316 g/mol. The lowest BCUT2D eigenvalue weighted by molar-refractivity contribution is -0.410. The van der Waals surface area contributed by atoms with Crippen molar-refractivity contribution in [2.45, 2.75) is 43.2 Å². The van der Waals surface area contributed by atoms with Crippen LogP contribution in [-0.4, -0.2) is 17.7 Å². The number of aromatic nitrogens is 1. The zero-order chi connectivity index (χ0) is 15.9. The van der Waals surface area contributed by atoms with Gasteiger partial charge >= 0.3 is 0 Å². The molecule has 0 bridgehead atoms. The van der Waals surface area contributed by atoms with E-state index in [0.29, 0.717) is 10.6 Å². The van der Waals surface area contributed by atoms with Gasteiger partial charge in [-0.15, -0.1) is 0 Å². The highest BCUT2D eigenvalue weighted by atomic mass is 32.2. The normalized spacial score (nSPS) is 14.8. The van der Waals surface area contributed by atoms with Gasteiger partial charge in [-0.3, -0.25) is 10.5 Å². The number of hydrogen-bond acceptors (Lipinski definition) is 5. The highest BCUT2D eigenvalue weighted by Crippen LogP contribution is 2.21. The van der Waals surface area contributed by atoms with Gasteiger partial charge in [-0.25, -0.2) is 4.98 Å². The topological polar surface area (TPSA) is 117 Å². The van der Waals surface area contributed by atoms with Gasteiger partial charge in [0.15, 0.2) is 5.03 Å². The average Bonchev–Trinajstić information content (AvgIpc) is 2.54. The number of hydrogen-bond donors (Lipinski definition) is 2. The zero-order valence-electron chi connectivity index (χ0n) is 12.2. The molecule has 0 radical (unpaired) electrons. The number of nitrogens with two attached hydrogens (primary N) is 1. The van der Waals surface area contributed by atoms with E-state index < -0.39 is 0 Å². The lowest BCUT2D eigenvalue weighted by Gasteiger charge is -2.22. The molecule has 0 atom stereocenters. The summed E-state index contributed by atoms with van der Waals surface area (Å²) in [6.45, 7) is 0. The van der Waals surface area contributed by atoms with Crippen LogP contribution in [0.1, 0.15) is 43.2 Å². The smallest absolute Gasteiger partial charge is 0.289 e. The van der Waals surface area contributed by atoms with Gasteiger partial charge in [0.2, 0.25) is 5.91 Å². The number of amides is 1. The van der Waals surface area contributed by atoms with Gasteiger partial charge in [0, 0.05) is 6.04 Å². The van der Waals surface area contributed by atoms with Crippen molar-refractivity contribution in [3.63, 3.8) is 0 Å². The maximum atomic E-state index is 12.0. The number of nitrogens with zero attached hydrogens (tertiary/aromatic N) is 2. The van der Waals surface area contributed by atoms with Crippen LogP contribution in [0.3, 0.4) is 0 Å². The first-order valence-electron chi connectivity index (χ1n) is 7.22. The summed E-state index contributed by atoms with van der Waals surface area (Å²) in [6, 6.07) is 5.64. The van der Waals surface area contributed by atoms with E-state index in [-0.39, 0.29) is 29.1 Å². The summed E-state index contributed by atoms with van der Waals surface area (Å²) in [4.78, 5) is 14.8. The molecular weight excluding hydrogens is 298 g/mol. The van der Waals surface area contributed by atoms with E-state index in [1.165, 1.54) is 24.2 Å². The summed E-state index contributed by atoms with van der Waals surface area (Å²) in [6.07, 6.45) is 5.64. The van der Waals surface area contributed by atoms with Gasteiger partial charge in [-0.1, -0.05) is 31.0 Å². The molecule has 1 aliphatic rings. The lowest BCUT2D eigenvalue weighted by Crippen LogP contribution is -2.37. The molecule has 0 spiro atoms. The second kappa shape index (κ2) is 7.67. The van der Waals surface area contributed by atoms with E-state index in [1.54, 1.807) is 0 Å². The Morgan fingerprint density at radius 1 is 1.32 bits per heavy atom.